The monoisotopic (exact) mass is 441 g/mol. The zero-order chi connectivity index (χ0) is 21.3. The summed E-state index contributed by atoms with van der Waals surface area (Å²) in [7, 11) is 0. The first-order chi connectivity index (χ1) is 14.3. The molecule has 0 saturated carbocycles. The highest BCUT2D eigenvalue weighted by Gasteiger charge is 2.27. The van der Waals surface area contributed by atoms with Crippen LogP contribution in [0, 0.1) is 6.92 Å². The molecule has 1 fully saturated rings. The minimum atomic E-state index is -4.26. The second kappa shape index (κ2) is 8.56. The van der Waals surface area contributed by atoms with Crippen molar-refractivity contribution < 1.29 is 17.9 Å². The largest absolute Gasteiger partial charge is 0.411 e. The van der Waals surface area contributed by atoms with Gasteiger partial charge >= 0.3 is 6.18 Å². The molecule has 0 atom stereocenters. The Kier molecular flexibility index (Phi) is 6.04. The van der Waals surface area contributed by atoms with Crippen molar-refractivity contribution in [2.75, 3.05) is 50.8 Å². The van der Waals surface area contributed by atoms with Crippen LogP contribution in [0.4, 0.5) is 19.0 Å². The van der Waals surface area contributed by atoms with E-state index in [1.54, 1.807) is 4.52 Å². The molecular weight excluding hydrogens is 419 g/mol. The molecule has 3 heterocycles. The molecule has 30 heavy (non-hydrogen) atoms. The average Bonchev–Trinajstić information content (AvgIpc) is 3.01. The zero-order valence-electron chi connectivity index (χ0n) is 16.6. The molecule has 0 bridgehead atoms. The zero-order valence-corrected chi connectivity index (χ0v) is 17.4. The second-order valence-corrected chi connectivity index (χ2v) is 7.82. The van der Waals surface area contributed by atoms with Crippen molar-refractivity contribution in [2.24, 2.45) is 0 Å². The number of halogens is 4. The van der Waals surface area contributed by atoms with E-state index < -0.39 is 12.8 Å². The van der Waals surface area contributed by atoms with Gasteiger partial charge in [-0.15, -0.1) is 0 Å². The van der Waals surface area contributed by atoms with E-state index in [9.17, 15) is 13.2 Å². The van der Waals surface area contributed by atoms with Gasteiger partial charge in [0.15, 0.2) is 5.65 Å². The summed E-state index contributed by atoms with van der Waals surface area (Å²) < 4.78 is 42.8. The third-order valence-corrected chi connectivity index (χ3v) is 5.69. The number of alkyl halides is 3. The number of aromatic nitrogens is 3. The van der Waals surface area contributed by atoms with Crippen molar-refractivity contribution in [3.8, 4) is 0 Å². The quantitative estimate of drug-likeness (QED) is 0.542. The average molecular weight is 442 g/mol. The Morgan fingerprint density at radius 1 is 1.13 bits per heavy atom. The lowest BCUT2D eigenvalue weighted by atomic mass is 10.2. The minimum absolute atomic E-state index is 0.113. The van der Waals surface area contributed by atoms with Crippen molar-refractivity contribution in [1.29, 1.82) is 0 Å². The normalized spacial score (nSPS) is 16.1. The van der Waals surface area contributed by atoms with Crippen molar-refractivity contribution in [3.05, 3.63) is 35.0 Å². The summed E-state index contributed by atoms with van der Waals surface area (Å²) in [6, 6.07) is 7.99. The number of hydrogen-bond donors (Lipinski definition) is 0. The second-order valence-electron chi connectivity index (χ2n) is 7.44. The first-order valence-corrected chi connectivity index (χ1v) is 10.3. The van der Waals surface area contributed by atoms with Crippen LogP contribution < -0.4 is 4.90 Å². The van der Waals surface area contributed by atoms with E-state index in [1.807, 2.05) is 31.2 Å². The molecule has 0 spiro atoms. The fourth-order valence-electron chi connectivity index (χ4n) is 3.77. The van der Waals surface area contributed by atoms with Gasteiger partial charge in [0.2, 0.25) is 0 Å². The first kappa shape index (κ1) is 21.1. The Balaban J connectivity index is 1.43. The highest BCUT2D eigenvalue weighted by molar-refractivity contribution is 6.34. The van der Waals surface area contributed by atoms with E-state index in [2.05, 4.69) is 19.6 Å². The molecule has 10 heteroatoms. The summed E-state index contributed by atoms with van der Waals surface area (Å²) in [6.45, 7) is 4.69. The van der Waals surface area contributed by atoms with Gasteiger partial charge < -0.3 is 9.64 Å². The van der Waals surface area contributed by atoms with E-state index >= 15 is 0 Å². The molecule has 0 unspecified atom stereocenters. The van der Waals surface area contributed by atoms with E-state index in [4.69, 9.17) is 16.6 Å². The molecule has 4 rings (SSSR count). The molecule has 1 aromatic carbocycles. The fourth-order valence-corrected chi connectivity index (χ4v) is 3.93. The number of para-hydroxylation sites is 1. The molecular formula is C20H23ClF3N5O. The maximum absolute atomic E-state index is 12.1. The third-order valence-electron chi connectivity index (χ3n) is 5.25. The summed E-state index contributed by atoms with van der Waals surface area (Å²) >= 11 is 6.43. The van der Waals surface area contributed by atoms with Crippen LogP contribution in [0.5, 0.6) is 0 Å². The van der Waals surface area contributed by atoms with Gasteiger partial charge in [-0.1, -0.05) is 23.7 Å². The number of aryl methyl sites for hydroxylation is 1. The van der Waals surface area contributed by atoms with Gasteiger partial charge in [0.25, 0.3) is 0 Å². The van der Waals surface area contributed by atoms with Crippen LogP contribution in [0.1, 0.15) is 12.1 Å². The van der Waals surface area contributed by atoms with Gasteiger partial charge in [0, 0.05) is 44.7 Å². The van der Waals surface area contributed by atoms with Crippen molar-refractivity contribution >= 4 is 34.0 Å². The number of fused-ring (bicyclic) bond motifs is 3. The molecule has 0 amide bonds. The summed E-state index contributed by atoms with van der Waals surface area (Å²) in [5.74, 6) is 0.882. The summed E-state index contributed by atoms with van der Waals surface area (Å²) in [5.41, 5.74) is 2.34. The first-order valence-electron chi connectivity index (χ1n) is 9.89. The molecule has 1 aliphatic heterocycles. The van der Waals surface area contributed by atoms with Crippen LogP contribution >= 0.6 is 11.6 Å². The maximum Gasteiger partial charge on any atom is 0.411 e. The minimum Gasteiger partial charge on any atom is -0.372 e. The van der Waals surface area contributed by atoms with Crippen molar-refractivity contribution in [2.45, 2.75) is 19.5 Å². The molecule has 162 valence electrons. The smallest absolute Gasteiger partial charge is 0.372 e. The summed E-state index contributed by atoms with van der Waals surface area (Å²) in [6.07, 6.45) is -3.69. The molecule has 2 aromatic heterocycles. The van der Waals surface area contributed by atoms with E-state index in [-0.39, 0.29) is 6.61 Å². The van der Waals surface area contributed by atoms with Crippen LogP contribution in [0.3, 0.4) is 0 Å². The molecule has 3 aromatic rings. The van der Waals surface area contributed by atoms with Crippen LogP contribution in [0.15, 0.2) is 24.3 Å². The predicted molar refractivity (Wildman–Crippen MR) is 110 cm³/mol. The third kappa shape index (κ3) is 4.48. The maximum atomic E-state index is 12.1. The summed E-state index contributed by atoms with van der Waals surface area (Å²) in [4.78, 5) is 9.31. The van der Waals surface area contributed by atoms with E-state index in [0.717, 1.165) is 48.6 Å². The Morgan fingerprint density at radius 3 is 2.60 bits per heavy atom. The lowest BCUT2D eigenvalue weighted by Gasteiger charge is -2.35. The van der Waals surface area contributed by atoms with Gasteiger partial charge in [0.05, 0.1) is 11.2 Å². The number of piperazine rings is 1. The lowest BCUT2D eigenvalue weighted by molar-refractivity contribution is -0.174. The fraction of sp³-hybridized carbons (Fsp3) is 0.500. The van der Waals surface area contributed by atoms with Gasteiger partial charge in [-0.05, 0) is 25.5 Å². The number of ether oxygens (including phenoxy) is 1. The number of nitrogens with zero attached hydrogens (tertiary/aromatic N) is 5. The standard InChI is InChI=1S/C20H23ClF3N5O/c1-14-17(21)19-25-18(15-5-2-3-6-16(15)29(19)26-14)28-10-8-27(9-11-28)7-4-12-30-13-20(22,23)24/h2-3,5-6H,4,7-13H2,1H3. The van der Waals surface area contributed by atoms with Gasteiger partial charge in [-0.25, -0.2) is 9.50 Å². The highest BCUT2D eigenvalue weighted by Crippen LogP contribution is 2.30. The highest BCUT2D eigenvalue weighted by atomic mass is 35.5. The predicted octanol–water partition coefficient (Wildman–Crippen LogP) is 3.94. The molecule has 0 radical (unpaired) electrons. The van der Waals surface area contributed by atoms with E-state index in [0.29, 0.717) is 23.6 Å². The van der Waals surface area contributed by atoms with Crippen LogP contribution in [0.25, 0.3) is 16.6 Å². The SMILES string of the molecule is Cc1nn2c(nc(N3CCN(CCCOCC(F)(F)F)CC3)c3ccccc32)c1Cl. The Bertz CT molecular complexity index is 1030. The Morgan fingerprint density at radius 2 is 1.87 bits per heavy atom. The van der Waals surface area contributed by atoms with Gasteiger partial charge in [0.1, 0.15) is 17.4 Å². The molecule has 6 nitrogen and oxygen atoms in total. The number of hydrogen-bond acceptors (Lipinski definition) is 5. The van der Waals surface area contributed by atoms with Gasteiger partial charge in [-0.3, -0.25) is 4.90 Å². The lowest BCUT2D eigenvalue weighted by Crippen LogP contribution is -2.47. The number of anilines is 1. The van der Waals surface area contributed by atoms with Crippen molar-refractivity contribution in [1.82, 2.24) is 19.5 Å². The summed E-state index contributed by atoms with van der Waals surface area (Å²) in [5, 5.41) is 6.08. The molecule has 0 N–H and O–H groups in total. The van der Waals surface area contributed by atoms with Crippen molar-refractivity contribution in [3.63, 3.8) is 0 Å². The van der Waals surface area contributed by atoms with Crippen LogP contribution in [-0.4, -0.2) is 71.6 Å². The molecule has 1 aliphatic rings. The van der Waals surface area contributed by atoms with Crippen LogP contribution in [0.2, 0.25) is 5.02 Å². The molecule has 1 saturated heterocycles. The van der Waals surface area contributed by atoms with E-state index in [1.165, 1.54) is 0 Å². The topological polar surface area (TPSA) is 45.9 Å². The Hall–Kier alpha value is -2.10. The number of benzene rings is 1. The molecule has 0 aliphatic carbocycles. The Labute approximate surface area is 177 Å². The van der Waals surface area contributed by atoms with Gasteiger partial charge in [-0.2, -0.15) is 18.3 Å². The van der Waals surface area contributed by atoms with Crippen LogP contribution in [-0.2, 0) is 4.74 Å². The number of rotatable bonds is 6.